The SMILES string of the molecule is C[C@H]1Cc2cc(C(=O)c3ccccc3F)ccc2O1. The molecule has 2 aromatic rings. The Morgan fingerprint density at radius 1 is 1.26 bits per heavy atom. The van der Waals surface area contributed by atoms with E-state index >= 15 is 0 Å². The Hall–Kier alpha value is -2.16. The Bertz CT molecular complexity index is 649. The van der Waals surface area contributed by atoms with Crippen molar-refractivity contribution in [2.24, 2.45) is 0 Å². The number of halogens is 1. The molecule has 3 rings (SSSR count). The lowest BCUT2D eigenvalue weighted by atomic mass is 9.99. The summed E-state index contributed by atoms with van der Waals surface area (Å²) in [5, 5.41) is 0. The van der Waals surface area contributed by atoms with Gasteiger partial charge < -0.3 is 4.74 Å². The molecule has 2 aromatic carbocycles. The lowest BCUT2D eigenvalue weighted by Gasteiger charge is -2.05. The highest BCUT2D eigenvalue weighted by atomic mass is 19.1. The summed E-state index contributed by atoms with van der Waals surface area (Å²) < 4.78 is 19.2. The van der Waals surface area contributed by atoms with Gasteiger partial charge in [0.15, 0.2) is 5.78 Å². The number of hydrogen-bond acceptors (Lipinski definition) is 2. The summed E-state index contributed by atoms with van der Waals surface area (Å²) in [6.07, 6.45) is 0.919. The molecule has 1 aliphatic rings. The highest BCUT2D eigenvalue weighted by Gasteiger charge is 2.21. The molecule has 0 radical (unpaired) electrons. The van der Waals surface area contributed by atoms with E-state index in [2.05, 4.69) is 0 Å². The zero-order valence-electron chi connectivity index (χ0n) is 10.5. The largest absolute Gasteiger partial charge is 0.490 e. The molecule has 1 heterocycles. The first-order valence-corrected chi connectivity index (χ1v) is 6.24. The van der Waals surface area contributed by atoms with Crippen LogP contribution >= 0.6 is 0 Å². The molecular weight excluding hydrogens is 243 g/mol. The first-order valence-electron chi connectivity index (χ1n) is 6.24. The van der Waals surface area contributed by atoms with E-state index in [9.17, 15) is 9.18 Å². The molecule has 0 aromatic heterocycles. The maximum atomic E-state index is 13.6. The molecule has 0 N–H and O–H groups in total. The zero-order valence-corrected chi connectivity index (χ0v) is 10.5. The van der Waals surface area contributed by atoms with Crippen LogP contribution in [0.2, 0.25) is 0 Å². The summed E-state index contributed by atoms with van der Waals surface area (Å²) in [4.78, 5) is 12.3. The summed E-state index contributed by atoms with van der Waals surface area (Å²) in [5.41, 5.74) is 1.62. The number of carbonyl (C=O) groups excluding carboxylic acids is 1. The summed E-state index contributed by atoms with van der Waals surface area (Å²) in [6, 6.07) is 11.3. The van der Waals surface area contributed by atoms with Crippen LogP contribution in [0, 0.1) is 5.82 Å². The Balaban J connectivity index is 1.98. The molecule has 1 atom stereocenters. The van der Waals surface area contributed by atoms with Gasteiger partial charge >= 0.3 is 0 Å². The molecule has 96 valence electrons. The predicted molar refractivity (Wildman–Crippen MR) is 70.1 cm³/mol. The van der Waals surface area contributed by atoms with Crippen LogP contribution < -0.4 is 4.74 Å². The van der Waals surface area contributed by atoms with E-state index in [4.69, 9.17) is 4.74 Å². The number of fused-ring (bicyclic) bond motifs is 1. The molecule has 1 aliphatic heterocycles. The normalized spacial score (nSPS) is 16.8. The monoisotopic (exact) mass is 256 g/mol. The molecule has 19 heavy (non-hydrogen) atoms. The van der Waals surface area contributed by atoms with Crippen molar-refractivity contribution >= 4 is 5.78 Å². The molecule has 0 unspecified atom stereocenters. The van der Waals surface area contributed by atoms with Crippen molar-refractivity contribution in [3.63, 3.8) is 0 Å². The number of ether oxygens (including phenoxy) is 1. The van der Waals surface area contributed by atoms with Gasteiger partial charge in [0.05, 0.1) is 5.56 Å². The average Bonchev–Trinajstić information content (AvgIpc) is 2.77. The van der Waals surface area contributed by atoms with Gasteiger partial charge in [-0.3, -0.25) is 4.79 Å². The number of carbonyl (C=O) groups is 1. The Labute approximate surface area is 110 Å². The second-order valence-electron chi connectivity index (χ2n) is 4.76. The van der Waals surface area contributed by atoms with Crippen LogP contribution in [0.3, 0.4) is 0 Å². The van der Waals surface area contributed by atoms with Crippen molar-refractivity contribution in [2.75, 3.05) is 0 Å². The smallest absolute Gasteiger partial charge is 0.195 e. The molecule has 0 saturated carbocycles. The quantitative estimate of drug-likeness (QED) is 0.770. The van der Waals surface area contributed by atoms with E-state index in [-0.39, 0.29) is 17.5 Å². The van der Waals surface area contributed by atoms with Gasteiger partial charge in [0.2, 0.25) is 0 Å². The van der Waals surface area contributed by atoms with E-state index in [0.717, 1.165) is 17.7 Å². The van der Waals surface area contributed by atoms with Crippen molar-refractivity contribution < 1.29 is 13.9 Å². The van der Waals surface area contributed by atoms with Gasteiger partial charge in [-0.25, -0.2) is 4.39 Å². The second-order valence-corrected chi connectivity index (χ2v) is 4.76. The van der Waals surface area contributed by atoms with E-state index in [1.54, 1.807) is 30.3 Å². The molecular formula is C16H13FO2. The van der Waals surface area contributed by atoms with Crippen molar-refractivity contribution in [2.45, 2.75) is 19.4 Å². The van der Waals surface area contributed by atoms with E-state index in [1.807, 2.05) is 6.92 Å². The molecule has 0 amide bonds. The first kappa shape index (κ1) is 11.9. The number of benzene rings is 2. The topological polar surface area (TPSA) is 26.3 Å². The van der Waals surface area contributed by atoms with Crippen LogP contribution in [0.25, 0.3) is 0 Å². The fourth-order valence-electron chi connectivity index (χ4n) is 2.36. The Morgan fingerprint density at radius 2 is 2.05 bits per heavy atom. The summed E-state index contributed by atoms with van der Waals surface area (Å²) >= 11 is 0. The van der Waals surface area contributed by atoms with Gasteiger partial charge in [0.1, 0.15) is 17.7 Å². The lowest BCUT2D eigenvalue weighted by molar-refractivity contribution is 0.103. The third kappa shape index (κ3) is 2.12. The number of ketones is 1. The van der Waals surface area contributed by atoms with E-state index in [1.165, 1.54) is 12.1 Å². The summed E-state index contributed by atoms with van der Waals surface area (Å²) in [7, 11) is 0. The van der Waals surface area contributed by atoms with Crippen LogP contribution in [-0.4, -0.2) is 11.9 Å². The summed E-state index contributed by atoms with van der Waals surface area (Å²) in [5.74, 6) is 0.0376. The highest BCUT2D eigenvalue weighted by Crippen LogP contribution is 2.30. The maximum absolute atomic E-state index is 13.6. The van der Waals surface area contributed by atoms with Crippen molar-refractivity contribution in [1.82, 2.24) is 0 Å². The summed E-state index contributed by atoms with van der Waals surface area (Å²) in [6.45, 7) is 1.98. The van der Waals surface area contributed by atoms with Gasteiger partial charge in [-0.2, -0.15) is 0 Å². The molecule has 0 spiro atoms. The fraction of sp³-hybridized carbons (Fsp3) is 0.188. The maximum Gasteiger partial charge on any atom is 0.195 e. The molecule has 0 bridgehead atoms. The van der Waals surface area contributed by atoms with Gasteiger partial charge in [-0.1, -0.05) is 12.1 Å². The molecule has 0 aliphatic carbocycles. The van der Waals surface area contributed by atoms with Crippen LogP contribution in [0.4, 0.5) is 4.39 Å². The van der Waals surface area contributed by atoms with Gasteiger partial charge in [-0.15, -0.1) is 0 Å². The molecule has 2 nitrogen and oxygen atoms in total. The average molecular weight is 256 g/mol. The van der Waals surface area contributed by atoms with Crippen LogP contribution in [0.15, 0.2) is 42.5 Å². The molecule has 0 fully saturated rings. The third-order valence-electron chi connectivity index (χ3n) is 3.28. The third-order valence-corrected chi connectivity index (χ3v) is 3.28. The van der Waals surface area contributed by atoms with Crippen molar-refractivity contribution in [3.8, 4) is 5.75 Å². The van der Waals surface area contributed by atoms with Crippen LogP contribution in [-0.2, 0) is 6.42 Å². The Kier molecular flexibility index (Phi) is 2.82. The number of rotatable bonds is 2. The van der Waals surface area contributed by atoms with Crippen LogP contribution in [0.1, 0.15) is 28.4 Å². The van der Waals surface area contributed by atoms with E-state index in [0.29, 0.717) is 5.56 Å². The fourth-order valence-corrected chi connectivity index (χ4v) is 2.36. The van der Waals surface area contributed by atoms with Gasteiger partial charge in [0, 0.05) is 12.0 Å². The minimum atomic E-state index is -0.488. The molecule has 0 saturated heterocycles. The van der Waals surface area contributed by atoms with E-state index < -0.39 is 5.82 Å². The molecule has 3 heteroatoms. The predicted octanol–water partition coefficient (Wildman–Crippen LogP) is 3.38. The van der Waals surface area contributed by atoms with Crippen LogP contribution in [0.5, 0.6) is 5.75 Å². The first-order chi connectivity index (χ1) is 9.15. The van der Waals surface area contributed by atoms with Crippen molar-refractivity contribution in [3.05, 3.63) is 65.0 Å². The minimum absolute atomic E-state index is 0.106. The highest BCUT2D eigenvalue weighted by molar-refractivity contribution is 6.09. The van der Waals surface area contributed by atoms with Gasteiger partial charge in [-0.05, 0) is 42.8 Å². The minimum Gasteiger partial charge on any atom is -0.490 e. The second kappa shape index (κ2) is 4.50. The number of hydrogen-bond donors (Lipinski definition) is 0. The van der Waals surface area contributed by atoms with Gasteiger partial charge in [0.25, 0.3) is 0 Å². The zero-order chi connectivity index (χ0) is 13.4. The van der Waals surface area contributed by atoms with Crippen molar-refractivity contribution in [1.29, 1.82) is 0 Å². The lowest BCUT2D eigenvalue weighted by Crippen LogP contribution is -2.05. The Morgan fingerprint density at radius 3 is 2.84 bits per heavy atom. The standard InChI is InChI=1S/C16H13FO2/c1-10-8-12-9-11(6-7-15(12)19-10)16(18)13-4-2-3-5-14(13)17/h2-7,9-10H,8H2,1H3/t10-/m0/s1.